The maximum absolute atomic E-state index is 12.5. The molecule has 1 unspecified atom stereocenters. The molecule has 0 radical (unpaired) electrons. The molecule has 2 aromatic rings. The molecular formula is C18H23ClN4O3. The summed E-state index contributed by atoms with van der Waals surface area (Å²) in [7, 11) is 0. The lowest BCUT2D eigenvalue weighted by molar-refractivity contribution is -0.133. The predicted molar refractivity (Wildman–Crippen MR) is 103 cm³/mol. The largest absolute Gasteiger partial charge is 0.384 e. The quantitative estimate of drug-likeness (QED) is 0.433. The number of halogens is 1. The number of H-pyrrole nitrogens is 1. The highest BCUT2D eigenvalue weighted by molar-refractivity contribution is 5.94. The zero-order valence-corrected chi connectivity index (χ0v) is 15.5. The maximum atomic E-state index is 12.5. The molecule has 2 rings (SSSR count). The van der Waals surface area contributed by atoms with Crippen LogP contribution < -0.4 is 16.6 Å². The summed E-state index contributed by atoms with van der Waals surface area (Å²) in [5.41, 5.74) is 7.54. The molecule has 8 heteroatoms. The summed E-state index contributed by atoms with van der Waals surface area (Å²) in [6.45, 7) is 4.12. The van der Waals surface area contributed by atoms with Gasteiger partial charge in [-0.15, -0.1) is 12.4 Å². The molecule has 0 saturated carbocycles. The highest BCUT2D eigenvalue weighted by atomic mass is 35.5. The van der Waals surface area contributed by atoms with Crippen molar-refractivity contribution >= 4 is 24.1 Å². The third-order valence-electron chi connectivity index (χ3n) is 3.67. The van der Waals surface area contributed by atoms with Crippen molar-refractivity contribution in [3.63, 3.8) is 0 Å². The number of hydrogen-bond donors (Lipinski definition) is 4. The molecule has 1 atom stereocenters. The third kappa shape index (κ3) is 5.44. The lowest BCUT2D eigenvalue weighted by Gasteiger charge is -2.17. The fourth-order valence-electron chi connectivity index (χ4n) is 2.35. The first-order chi connectivity index (χ1) is 11.9. The summed E-state index contributed by atoms with van der Waals surface area (Å²) in [6, 6.07) is 10.3. The van der Waals surface area contributed by atoms with Crippen molar-refractivity contribution in [2.24, 2.45) is 5.73 Å². The van der Waals surface area contributed by atoms with Crippen molar-refractivity contribution in [3.05, 3.63) is 69.1 Å². The Bertz CT molecular complexity index is 818. The zero-order chi connectivity index (χ0) is 18.4. The van der Waals surface area contributed by atoms with E-state index in [1.165, 1.54) is 0 Å². The standard InChI is InChI=1S/C18H22N4O3.ClH/c1-3-25-15(14-9-4-11(2)22-17(14)23)18(24)21-10-12-5-7-13(8-6-12)16(19)20;/h4-9,15H,3,10H2,1-2H3,(H3,19,20)(H,21,24)(H,22,23);1H. The second kappa shape index (κ2) is 9.74. The van der Waals surface area contributed by atoms with Gasteiger partial charge in [0, 0.05) is 24.4 Å². The van der Waals surface area contributed by atoms with Gasteiger partial charge in [-0.3, -0.25) is 15.0 Å². The Labute approximate surface area is 157 Å². The lowest BCUT2D eigenvalue weighted by Crippen LogP contribution is -2.33. The summed E-state index contributed by atoms with van der Waals surface area (Å²) in [6.07, 6.45) is -0.967. The van der Waals surface area contributed by atoms with Crippen LogP contribution in [0.5, 0.6) is 0 Å². The fourth-order valence-corrected chi connectivity index (χ4v) is 2.35. The maximum Gasteiger partial charge on any atom is 0.254 e. The summed E-state index contributed by atoms with van der Waals surface area (Å²) < 4.78 is 5.47. The smallest absolute Gasteiger partial charge is 0.254 e. The van der Waals surface area contributed by atoms with Gasteiger partial charge in [0.1, 0.15) is 5.84 Å². The number of aromatic nitrogens is 1. The van der Waals surface area contributed by atoms with Gasteiger partial charge in [0.25, 0.3) is 11.5 Å². The Balaban J connectivity index is 0.00000338. The van der Waals surface area contributed by atoms with E-state index in [-0.39, 0.29) is 41.8 Å². The Morgan fingerprint density at radius 3 is 2.46 bits per heavy atom. The minimum Gasteiger partial charge on any atom is -0.384 e. The molecule has 0 aliphatic heterocycles. The molecule has 5 N–H and O–H groups in total. The van der Waals surface area contributed by atoms with Crippen LogP contribution in [0.1, 0.15) is 35.4 Å². The average Bonchev–Trinajstić information content (AvgIpc) is 2.58. The number of nitrogens with one attached hydrogen (secondary N) is 3. The van der Waals surface area contributed by atoms with E-state index in [0.29, 0.717) is 12.2 Å². The van der Waals surface area contributed by atoms with Crippen LogP contribution in [0.15, 0.2) is 41.2 Å². The minimum atomic E-state index is -0.967. The monoisotopic (exact) mass is 378 g/mol. The van der Waals surface area contributed by atoms with Crippen LogP contribution in [0, 0.1) is 12.3 Å². The number of nitrogen functional groups attached to an aromatic ring is 1. The summed E-state index contributed by atoms with van der Waals surface area (Å²) in [4.78, 5) is 27.2. The van der Waals surface area contributed by atoms with Crippen molar-refractivity contribution < 1.29 is 9.53 Å². The van der Waals surface area contributed by atoms with Crippen LogP contribution in [-0.2, 0) is 16.1 Å². The van der Waals surface area contributed by atoms with Crippen LogP contribution in [0.4, 0.5) is 0 Å². The Morgan fingerprint density at radius 2 is 1.92 bits per heavy atom. The molecule has 1 aromatic carbocycles. The van der Waals surface area contributed by atoms with Gasteiger partial charge in [-0.05, 0) is 31.5 Å². The molecule has 0 saturated heterocycles. The number of pyridine rings is 1. The van der Waals surface area contributed by atoms with E-state index in [9.17, 15) is 9.59 Å². The fraction of sp³-hybridized carbons (Fsp3) is 0.278. The summed E-state index contributed by atoms with van der Waals surface area (Å²) in [5.74, 6) is -0.391. The number of ether oxygens (including phenoxy) is 1. The number of carbonyl (C=O) groups is 1. The first-order valence-corrected chi connectivity index (χ1v) is 7.94. The van der Waals surface area contributed by atoms with Gasteiger partial charge in [0.15, 0.2) is 6.10 Å². The van der Waals surface area contributed by atoms with Crippen LogP contribution in [0.3, 0.4) is 0 Å². The number of aryl methyl sites for hydroxylation is 1. The van der Waals surface area contributed by atoms with Gasteiger partial charge in [0.2, 0.25) is 0 Å². The van der Waals surface area contributed by atoms with E-state index in [0.717, 1.165) is 11.3 Å². The SMILES string of the molecule is CCOC(C(=O)NCc1ccc(C(=N)N)cc1)c1ccc(C)[nH]c1=O.Cl. The number of aromatic amines is 1. The molecule has 1 heterocycles. The van der Waals surface area contributed by atoms with Crippen LogP contribution in [0.25, 0.3) is 0 Å². The molecule has 26 heavy (non-hydrogen) atoms. The first kappa shape index (κ1) is 21.4. The Kier molecular flexibility index (Phi) is 8.02. The van der Waals surface area contributed by atoms with Gasteiger partial charge in [-0.1, -0.05) is 24.3 Å². The van der Waals surface area contributed by atoms with Gasteiger partial charge >= 0.3 is 0 Å². The normalized spacial score (nSPS) is 11.3. The number of rotatable bonds is 7. The molecule has 0 bridgehead atoms. The molecule has 0 spiro atoms. The number of amides is 1. The molecule has 0 fully saturated rings. The van der Waals surface area contributed by atoms with Gasteiger partial charge in [-0.25, -0.2) is 0 Å². The van der Waals surface area contributed by atoms with Crippen molar-refractivity contribution in [1.29, 1.82) is 5.41 Å². The van der Waals surface area contributed by atoms with E-state index in [2.05, 4.69) is 10.3 Å². The van der Waals surface area contributed by atoms with Gasteiger partial charge in [-0.2, -0.15) is 0 Å². The Hall–Kier alpha value is -2.64. The molecule has 1 aromatic heterocycles. The molecule has 0 aliphatic carbocycles. The molecule has 7 nitrogen and oxygen atoms in total. The second-order valence-electron chi connectivity index (χ2n) is 5.59. The van der Waals surface area contributed by atoms with Gasteiger partial charge < -0.3 is 20.8 Å². The summed E-state index contributed by atoms with van der Waals surface area (Å²) >= 11 is 0. The molecule has 1 amide bonds. The minimum absolute atomic E-state index is 0. The van der Waals surface area contributed by atoms with Crippen molar-refractivity contribution in [2.75, 3.05) is 6.61 Å². The second-order valence-corrected chi connectivity index (χ2v) is 5.59. The number of hydrogen-bond acceptors (Lipinski definition) is 4. The molecule has 140 valence electrons. The van der Waals surface area contributed by atoms with Crippen molar-refractivity contribution in [3.8, 4) is 0 Å². The molecular weight excluding hydrogens is 356 g/mol. The van der Waals surface area contributed by atoms with Crippen molar-refractivity contribution in [1.82, 2.24) is 10.3 Å². The number of amidine groups is 1. The highest BCUT2D eigenvalue weighted by Crippen LogP contribution is 2.14. The average molecular weight is 379 g/mol. The van der Waals surface area contributed by atoms with E-state index < -0.39 is 6.10 Å². The predicted octanol–water partition coefficient (Wildman–Crippen LogP) is 1.78. The topological polar surface area (TPSA) is 121 Å². The Morgan fingerprint density at radius 1 is 1.27 bits per heavy atom. The van der Waals surface area contributed by atoms with Gasteiger partial charge in [0.05, 0.1) is 5.56 Å². The summed E-state index contributed by atoms with van der Waals surface area (Å²) in [5, 5.41) is 10.1. The van der Waals surface area contributed by atoms with Crippen LogP contribution >= 0.6 is 12.4 Å². The van der Waals surface area contributed by atoms with Crippen LogP contribution in [0.2, 0.25) is 0 Å². The van der Waals surface area contributed by atoms with Crippen LogP contribution in [-0.4, -0.2) is 23.3 Å². The third-order valence-corrected chi connectivity index (χ3v) is 3.67. The van der Waals surface area contributed by atoms with E-state index in [1.54, 1.807) is 50.2 Å². The zero-order valence-electron chi connectivity index (χ0n) is 14.7. The lowest BCUT2D eigenvalue weighted by atomic mass is 10.1. The molecule has 0 aliphatic rings. The number of carbonyl (C=O) groups excluding carboxylic acids is 1. The highest BCUT2D eigenvalue weighted by Gasteiger charge is 2.23. The van der Waals surface area contributed by atoms with E-state index in [4.69, 9.17) is 15.9 Å². The van der Waals surface area contributed by atoms with Crippen molar-refractivity contribution in [2.45, 2.75) is 26.5 Å². The first-order valence-electron chi connectivity index (χ1n) is 7.94. The van der Waals surface area contributed by atoms with E-state index in [1.807, 2.05) is 0 Å². The number of nitrogens with two attached hydrogens (primary N) is 1. The number of benzene rings is 1. The van der Waals surface area contributed by atoms with E-state index >= 15 is 0 Å².